The van der Waals surface area contributed by atoms with Crippen LogP contribution in [-0.4, -0.2) is 21.5 Å². The summed E-state index contributed by atoms with van der Waals surface area (Å²) in [5.74, 6) is 0. The van der Waals surface area contributed by atoms with Crippen molar-refractivity contribution in [1.29, 1.82) is 0 Å². The molecule has 2 rings (SSSR count). The third-order valence-electron chi connectivity index (χ3n) is 2.75. The summed E-state index contributed by atoms with van der Waals surface area (Å²) in [4.78, 5) is 0. The van der Waals surface area contributed by atoms with Gasteiger partial charge in [-0.15, -0.1) is 0 Å². The van der Waals surface area contributed by atoms with E-state index in [-0.39, 0.29) is 0 Å². The summed E-state index contributed by atoms with van der Waals surface area (Å²) in [6, 6.07) is 5.86. The van der Waals surface area contributed by atoms with Crippen LogP contribution in [0.4, 0.5) is 5.69 Å². The Labute approximate surface area is 96.5 Å². The van der Waals surface area contributed by atoms with E-state index in [1.54, 1.807) is 0 Å². The highest BCUT2D eigenvalue weighted by atomic mass is 32.2. The SMILES string of the molecule is Cc1ccc(C)c(N2CCCNS2(=O)=O)c1. The fourth-order valence-electron chi connectivity index (χ4n) is 1.86. The Balaban J connectivity index is 2.46. The van der Waals surface area contributed by atoms with Crippen LogP contribution in [0, 0.1) is 13.8 Å². The second-order valence-electron chi connectivity index (χ2n) is 4.12. The molecule has 0 amide bonds. The molecule has 1 aromatic carbocycles. The van der Waals surface area contributed by atoms with Gasteiger partial charge < -0.3 is 0 Å². The molecule has 1 aliphatic heterocycles. The largest absolute Gasteiger partial charge is 0.301 e. The number of benzene rings is 1. The molecule has 1 saturated heterocycles. The molecule has 5 heteroatoms. The third-order valence-corrected chi connectivity index (χ3v) is 4.27. The van der Waals surface area contributed by atoms with Crippen LogP contribution < -0.4 is 9.03 Å². The molecule has 0 atom stereocenters. The van der Waals surface area contributed by atoms with Crippen molar-refractivity contribution < 1.29 is 8.42 Å². The van der Waals surface area contributed by atoms with E-state index in [1.165, 1.54) is 4.31 Å². The van der Waals surface area contributed by atoms with E-state index in [2.05, 4.69) is 4.72 Å². The summed E-state index contributed by atoms with van der Waals surface area (Å²) in [5, 5.41) is 0. The fraction of sp³-hybridized carbons (Fsp3) is 0.455. The van der Waals surface area contributed by atoms with Gasteiger partial charge in [0.2, 0.25) is 0 Å². The molecule has 0 radical (unpaired) electrons. The lowest BCUT2D eigenvalue weighted by atomic mass is 10.1. The van der Waals surface area contributed by atoms with Crippen molar-refractivity contribution in [3.63, 3.8) is 0 Å². The van der Waals surface area contributed by atoms with Gasteiger partial charge in [0.1, 0.15) is 0 Å². The van der Waals surface area contributed by atoms with Gasteiger partial charge in [0, 0.05) is 13.1 Å². The molecule has 0 aromatic heterocycles. The van der Waals surface area contributed by atoms with E-state index in [9.17, 15) is 8.42 Å². The fourth-order valence-corrected chi connectivity index (χ4v) is 3.24. The molecule has 1 heterocycles. The molecule has 0 bridgehead atoms. The van der Waals surface area contributed by atoms with E-state index in [4.69, 9.17) is 0 Å². The number of nitrogens with zero attached hydrogens (tertiary/aromatic N) is 1. The summed E-state index contributed by atoms with van der Waals surface area (Å²) >= 11 is 0. The van der Waals surface area contributed by atoms with Crippen LogP contribution in [0.5, 0.6) is 0 Å². The summed E-state index contributed by atoms with van der Waals surface area (Å²) in [5.41, 5.74) is 2.84. The first-order valence-electron chi connectivity index (χ1n) is 5.35. The number of rotatable bonds is 1. The zero-order chi connectivity index (χ0) is 11.8. The molecule has 4 nitrogen and oxygen atoms in total. The van der Waals surface area contributed by atoms with Crippen molar-refractivity contribution in [1.82, 2.24) is 4.72 Å². The standard InChI is InChI=1S/C11H16N2O2S/c1-9-4-5-10(2)11(8-9)13-7-3-6-12-16(13,14)15/h4-5,8,12H,3,6-7H2,1-2H3. The van der Waals surface area contributed by atoms with Crippen molar-refractivity contribution in [2.75, 3.05) is 17.4 Å². The van der Waals surface area contributed by atoms with Crippen molar-refractivity contribution in [3.05, 3.63) is 29.3 Å². The average Bonchev–Trinajstić information content (AvgIpc) is 2.22. The molecule has 16 heavy (non-hydrogen) atoms. The molecular formula is C11H16N2O2S. The van der Waals surface area contributed by atoms with Crippen molar-refractivity contribution in [2.45, 2.75) is 20.3 Å². The molecule has 88 valence electrons. The highest BCUT2D eigenvalue weighted by Gasteiger charge is 2.26. The Morgan fingerprint density at radius 2 is 2.06 bits per heavy atom. The van der Waals surface area contributed by atoms with E-state index >= 15 is 0 Å². The van der Waals surface area contributed by atoms with Crippen LogP contribution in [0.25, 0.3) is 0 Å². The molecule has 0 unspecified atom stereocenters. The molecule has 1 aromatic rings. The van der Waals surface area contributed by atoms with Gasteiger partial charge >= 0.3 is 10.2 Å². The zero-order valence-corrected chi connectivity index (χ0v) is 10.3. The molecule has 1 aliphatic rings. The first-order valence-corrected chi connectivity index (χ1v) is 6.79. The second-order valence-corrected chi connectivity index (χ2v) is 5.79. The number of aryl methyl sites for hydroxylation is 2. The molecule has 0 aliphatic carbocycles. The first kappa shape index (κ1) is 11.4. The maximum Gasteiger partial charge on any atom is 0.301 e. The smallest absolute Gasteiger partial charge is 0.258 e. The van der Waals surface area contributed by atoms with E-state index < -0.39 is 10.2 Å². The summed E-state index contributed by atoms with van der Waals surface area (Å²) in [7, 11) is -3.33. The van der Waals surface area contributed by atoms with Gasteiger partial charge in [0.25, 0.3) is 0 Å². The maximum atomic E-state index is 11.9. The minimum absolute atomic E-state index is 0.531. The average molecular weight is 240 g/mol. The van der Waals surface area contributed by atoms with Crippen LogP contribution in [-0.2, 0) is 10.2 Å². The monoisotopic (exact) mass is 240 g/mol. The predicted octanol–water partition coefficient (Wildman–Crippen LogP) is 1.35. The number of anilines is 1. The maximum absolute atomic E-state index is 11.9. The van der Waals surface area contributed by atoms with Gasteiger partial charge in [0.15, 0.2) is 0 Å². The van der Waals surface area contributed by atoms with Crippen LogP contribution in [0.15, 0.2) is 18.2 Å². The molecule has 1 fully saturated rings. The third kappa shape index (κ3) is 2.05. The van der Waals surface area contributed by atoms with Crippen molar-refractivity contribution in [2.24, 2.45) is 0 Å². The van der Waals surface area contributed by atoms with Gasteiger partial charge in [-0.3, -0.25) is 4.31 Å². The van der Waals surface area contributed by atoms with Crippen LogP contribution >= 0.6 is 0 Å². The summed E-state index contributed by atoms with van der Waals surface area (Å²) in [6.45, 7) is 4.98. The summed E-state index contributed by atoms with van der Waals surface area (Å²) in [6.07, 6.45) is 0.840. The highest BCUT2D eigenvalue weighted by molar-refractivity contribution is 7.90. The Hall–Kier alpha value is -1.07. The molecule has 1 N–H and O–H groups in total. The minimum atomic E-state index is -3.33. The lowest BCUT2D eigenvalue weighted by molar-refractivity contribution is 0.560. The van der Waals surface area contributed by atoms with Crippen LogP contribution in [0.2, 0.25) is 0 Å². The van der Waals surface area contributed by atoms with Crippen LogP contribution in [0.3, 0.4) is 0 Å². The minimum Gasteiger partial charge on any atom is -0.258 e. The molecular weight excluding hydrogens is 224 g/mol. The lowest BCUT2D eigenvalue weighted by Gasteiger charge is -2.30. The number of nitrogens with one attached hydrogen (secondary N) is 1. The number of hydrogen-bond acceptors (Lipinski definition) is 2. The first-order chi connectivity index (χ1) is 7.50. The van der Waals surface area contributed by atoms with Gasteiger partial charge in [-0.25, -0.2) is 0 Å². The van der Waals surface area contributed by atoms with Gasteiger partial charge in [-0.05, 0) is 37.5 Å². The molecule has 0 spiro atoms. The highest BCUT2D eigenvalue weighted by Crippen LogP contribution is 2.25. The number of hydrogen-bond donors (Lipinski definition) is 1. The Morgan fingerprint density at radius 1 is 1.31 bits per heavy atom. The zero-order valence-electron chi connectivity index (χ0n) is 9.53. The lowest BCUT2D eigenvalue weighted by Crippen LogP contribution is -2.47. The van der Waals surface area contributed by atoms with Crippen molar-refractivity contribution in [3.8, 4) is 0 Å². The van der Waals surface area contributed by atoms with E-state index in [1.807, 2.05) is 32.0 Å². The normalized spacial score (nSPS) is 19.8. The quantitative estimate of drug-likeness (QED) is 0.805. The molecule has 0 saturated carbocycles. The Bertz CT molecular complexity index is 497. The van der Waals surface area contributed by atoms with E-state index in [0.29, 0.717) is 13.1 Å². The predicted molar refractivity (Wildman–Crippen MR) is 64.8 cm³/mol. The second kappa shape index (κ2) is 4.07. The van der Waals surface area contributed by atoms with Crippen LogP contribution in [0.1, 0.15) is 17.5 Å². The van der Waals surface area contributed by atoms with E-state index in [0.717, 1.165) is 23.2 Å². The van der Waals surface area contributed by atoms with Gasteiger partial charge in [0.05, 0.1) is 5.69 Å². The topological polar surface area (TPSA) is 49.4 Å². The van der Waals surface area contributed by atoms with Gasteiger partial charge in [-0.1, -0.05) is 12.1 Å². The van der Waals surface area contributed by atoms with Gasteiger partial charge in [-0.2, -0.15) is 13.1 Å². The summed E-state index contributed by atoms with van der Waals surface area (Å²) < 4.78 is 27.7. The van der Waals surface area contributed by atoms with Crippen molar-refractivity contribution >= 4 is 15.9 Å². The Morgan fingerprint density at radius 3 is 2.75 bits per heavy atom. The Kier molecular flexibility index (Phi) is 2.90.